The maximum absolute atomic E-state index is 12.2. The highest BCUT2D eigenvalue weighted by Gasteiger charge is 2.61. The Hall–Kier alpha value is -1.14. The lowest BCUT2D eigenvalue weighted by atomic mass is 9.45. The lowest BCUT2D eigenvalue weighted by Gasteiger charge is -2.59. The summed E-state index contributed by atoms with van der Waals surface area (Å²) in [6.07, 6.45) is 8.90. The van der Waals surface area contributed by atoms with Crippen molar-refractivity contribution in [1.29, 1.82) is 5.26 Å². The van der Waals surface area contributed by atoms with E-state index in [1.165, 1.54) is 12.0 Å². The van der Waals surface area contributed by atoms with Gasteiger partial charge in [-0.3, -0.25) is 4.79 Å². The summed E-state index contributed by atoms with van der Waals surface area (Å²) in [5.41, 5.74) is 1.42. The third kappa shape index (κ3) is 2.23. The van der Waals surface area contributed by atoms with E-state index in [1.54, 1.807) is 6.92 Å². The molecule has 0 spiro atoms. The van der Waals surface area contributed by atoms with Crippen molar-refractivity contribution >= 4 is 5.78 Å². The average molecular weight is 341 g/mol. The van der Waals surface area contributed by atoms with Gasteiger partial charge in [0.15, 0.2) is 0 Å². The quantitative estimate of drug-likeness (QED) is 0.725. The molecule has 4 aliphatic carbocycles. The van der Waals surface area contributed by atoms with Gasteiger partial charge in [-0.2, -0.15) is 5.26 Å². The van der Waals surface area contributed by atoms with E-state index in [0.717, 1.165) is 32.1 Å². The summed E-state index contributed by atoms with van der Waals surface area (Å²) in [4.78, 5) is 12.2. The van der Waals surface area contributed by atoms with Crippen LogP contribution in [0.2, 0.25) is 0 Å². The molecule has 4 aliphatic rings. The van der Waals surface area contributed by atoms with Crippen molar-refractivity contribution < 1.29 is 9.90 Å². The van der Waals surface area contributed by atoms with Crippen LogP contribution in [0.15, 0.2) is 11.6 Å². The number of carbonyl (C=O) groups excluding carboxylic acids is 1. The smallest absolute Gasteiger partial charge is 0.133 e. The van der Waals surface area contributed by atoms with Gasteiger partial charge < -0.3 is 5.11 Å². The summed E-state index contributed by atoms with van der Waals surface area (Å²) in [7, 11) is 0. The van der Waals surface area contributed by atoms with E-state index >= 15 is 0 Å². The molecular weight excluding hydrogens is 310 g/mol. The number of hydrogen-bond donors (Lipinski definition) is 1. The molecule has 25 heavy (non-hydrogen) atoms. The van der Waals surface area contributed by atoms with E-state index in [-0.39, 0.29) is 28.8 Å². The number of rotatable bonds is 1. The number of allylic oxidation sites excluding steroid dienone is 1. The molecule has 1 N–H and O–H groups in total. The predicted molar refractivity (Wildman–Crippen MR) is 96.4 cm³/mol. The van der Waals surface area contributed by atoms with Crippen LogP contribution in [-0.2, 0) is 4.79 Å². The molecule has 0 saturated heterocycles. The highest BCUT2D eigenvalue weighted by atomic mass is 16.3. The second-order valence-corrected chi connectivity index (χ2v) is 9.69. The fourth-order valence-corrected chi connectivity index (χ4v) is 7.59. The van der Waals surface area contributed by atoms with Gasteiger partial charge in [-0.15, -0.1) is 0 Å². The molecule has 0 radical (unpaired) electrons. The molecule has 3 saturated carbocycles. The fourth-order valence-electron chi connectivity index (χ4n) is 7.59. The van der Waals surface area contributed by atoms with Gasteiger partial charge in [0.05, 0.1) is 18.1 Å². The van der Waals surface area contributed by atoms with E-state index in [4.69, 9.17) is 0 Å². The summed E-state index contributed by atoms with van der Waals surface area (Å²) in [5, 5.41) is 20.0. The number of aliphatic hydroxyl groups excluding tert-OH is 1. The van der Waals surface area contributed by atoms with Crippen LogP contribution in [0.25, 0.3) is 0 Å². The van der Waals surface area contributed by atoms with Crippen molar-refractivity contribution in [3.05, 3.63) is 11.6 Å². The first kappa shape index (κ1) is 17.3. The first-order valence-electron chi connectivity index (χ1n) is 10.1. The van der Waals surface area contributed by atoms with E-state index in [0.29, 0.717) is 30.0 Å². The summed E-state index contributed by atoms with van der Waals surface area (Å²) >= 11 is 0. The van der Waals surface area contributed by atoms with Crippen LogP contribution in [0.1, 0.15) is 65.7 Å². The number of carbonyl (C=O) groups is 1. The molecule has 8 atom stereocenters. The van der Waals surface area contributed by atoms with E-state index < -0.39 is 0 Å². The van der Waals surface area contributed by atoms with Gasteiger partial charge in [0.1, 0.15) is 5.78 Å². The molecule has 4 unspecified atom stereocenters. The fraction of sp³-hybridized carbons (Fsp3) is 0.818. The van der Waals surface area contributed by atoms with Crippen LogP contribution < -0.4 is 0 Å². The lowest BCUT2D eigenvalue weighted by Crippen LogP contribution is -2.53. The molecule has 3 fully saturated rings. The van der Waals surface area contributed by atoms with Crippen molar-refractivity contribution in [2.24, 2.45) is 40.4 Å². The van der Waals surface area contributed by atoms with E-state index in [1.807, 2.05) is 0 Å². The third-order valence-corrected chi connectivity index (χ3v) is 8.87. The minimum atomic E-state index is -0.358. The number of nitrogens with zero attached hydrogens (tertiary/aromatic N) is 1. The number of ketones is 1. The minimum Gasteiger partial charge on any atom is -0.393 e. The summed E-state index contributed by atoms with van der Waals surface area (Å²) < 4.78 is 0. The van der Waals surface area contributed by atoms with Crippen molar-refractivity contribution in [3.8, 4) is 6.07 Å². The molecule has 0 aromatic carbocycles. The summed E-state index contributed by atoms with van der Waals surface area (Å²) in [5.74, 6) is 2.27. The Morgan fingerprint density at radius 2 is 2.04 bits per heavy atom. The molecular formula is C22H31NO2. The number of fused-ring (bicyclic) bond motifs is 5. The number of aliphatic hydroxyl groups is 1. The zero-order valence-corrected chi connectivity index (χ0v) is 15.8. The van der Waals surface area contributed by atoms with Gasteiger partial charge in [0, 0.05) is 11.3 Å². The third-order valence-electron chi connectivity index (χ3n) is 8.87. The average Bonchev–Trinajstić information content (AvgIpc) is 2.92. The van der Waals surface area contributed by atoms with E-state index in [2.05, 4.69) is 26.0 Å². The van der Waals surface area contributed by atoms with Crippen molar-refractivity contribution in [1.82, 2.24) is 0 Å². The highest BCUT2D eigenvalue weighted by Crippen LogP contribution is 2.67. The van der Waals surface area contributed by atoms with Crippen LogP contribution in [0, 0.1) is 51.8 Å². The molecule has 136 valence electrons. The highest BCUT2D eigenvalue weighted by molar-refractivity contribution is 5.79. The Morgan fingerprint density at radius 3 is 2.72 bits per heavy atom. The maximum Gasteiger partial charge on any atom is 0.133 e. The van der Waals surface area contributed by atoms with Crippen LogP contribution in [0.3, 0.4) is 0 Å². The Morgan fingerprint density at radius 1 is 1.28 bits per heavy atom. The largest absolute Gasteiger partial charge is 0.393 e. The second kappa shape index (κ2) is 5.68. The zero-order chi connectivity index (χ0) is 18.0. The first-order valence-corrected chi connectivity index (χ1v) is 10.1. The molecule has 4 rings (SSSR count). The zero-order valence-electron chi connectivity index (χ0n) is 15.8. The predicted octanol–water partition coefficient (Wildman–Crippen LogP) is 4.26. The number of nitriles is 1. The monoisotopic (exact) mass is 341 g/mol. The summed E-state index contributed by atoms with van der Waals surface area (Å²) in [6, 6.07) is 2.55. The van der Waals surface area contributed by atoms with Crippen molar-refractivity contribution in [2.45, 2.75) is 71.8 Å². The Labute approximate surface area is 151 Å². The molecule has 3 heteroatoms. The van der Waals surface area contributed by atoms with Crippen LogP contribution in [-0.4, -0.2) is 17.0 Å². The molecule has 3 nitrogen and oxygen atoms in total. The second-order valence-electron chi connectivity index (χ2n) is 9.69. The lowest BCUT2D eigenvalue weighted by molar-refractivity contribution is -0.128. The molecule has 0 amide bonds. The summed E-state index contributed by atoms with van der Waals surface area (Å²) in [6.45, 7) is 6.44. The molecule has 0 aromatic rings. The van der Waals surface area contributed by atoms with Crippen LogP contribution in [0.4, 0.5) is 0 Å². The van der Waals surface area contributed by atoms with Crippen LogP contribution in [0.5, 0.6) is 0 Å². The van der Waals surface area contributed by atoms with Gasteiger partial charge in [0.25, 0.3) is 0 Å². The van der Waals surface area contributed by atoms with Gasteiger partial charge in [-0.05, 0) is 75.0 Å². The molecule has 0 aliphatic heterocycles. The molecule has 0 bridgehead atoms. The number of Topliss-reactive ketones (excluding diaryl/α,β-unsaturated/α-hetero) is 1. The SMILES string of the molecule is CC(=O)[C@H]1CCC2C3CC=C4C[C@@H](O)CC(C#N)[C@@]4(C)C3CC[C@@]21C. The molecule has 0 aromatic heterocycles. The minimum absolute atomic E-state index is 0.0768. The normalized spacial score (nSPS) is 51.6. The van der Waals surface area contributed by atoms with E-state index in [9.17, 15) is 15.2 Å². The van der Waals surface area contributed by atoms with Gasteiger partial charge in [0.2, 0.25) is 0 Å². The van der Waals surface area contributed by atoms with Crippen LogP contribution >= 0.6 is 0 Å². The van der Waals surface area contributed by atoms with Crippen molar-refractivity contribution in [2.75, 3.05) is 0 Å². The van der Waals surface area contributed by atoms with Gasteiger partial charge >= 0.3 is 0 Å². The van der Waals surface area contributed by atoms with Crippen molar-refractivity contribution in [3.63, 3.8) is 0 Å². The maximum atomic E-state index is 12.2. The molecule has 0 heterocycles. The Kier molecular flexibility index (Phi) is 3.93. The Bertz CT molecular complexity index is 661. The van der Waals surface area contributed by atoms with Gasteiger partial charge in [-0.1, -0.05) is 25.5 Å². The first-order chi connectivity index (χ1) is 11.8. The standard InChI is InChI=1S/C22H31NO2/c1-13(24)18-6-7-19-17-5-4-14-10-16(25)11-15(12-23)22(14,3)20(17)8-9-21(18,19)2/h4,15-20,25H,5-11H2,1-3H3/t15?,16-,17?,18-,19?,20?,21-,22+/m1/s1. The topological polar surface area (TPSA) is 61.1 Å². The van der Waals surface area contributed by atoms with Gasteiger partial charge in [-0.25, -0.2) is 0 Å². The number of hydrogen-bond acceptors (Lipinski definition) is 3. The Balaban J connectivity index is 1.71.